The quantitative estimate of drug-likeness (QED) is 0.290. The Morgan fingerprint density at radius 1 is 0.865 bits per heavy atom. The number of rotatable bonds is 10. The van der Waals surface area contributed by atoms with E-state index < -0.39 is 0 Å². The van der Waals surface area contributed by atoms with Gasteiger partial charge in [0.25, 0.3) is 0 Å². The summed E-state index contributed by atoms with van der Waals surface area (Å²) in [7, 11) is 0. The van der Waals surface area contributed by atoms with Crippen molar-refractivity contribution in [1.29, 1.82) is 0 Å². The van der Waals surface area contributed by atoms with Gasteiger partial charge in [-0.25, -0.2) is 0 Å². The predicted molar refractivity (Wildman–Crippen MR) is 157 cm³/mol. The molecule has 1 saturated heterocycles. The van der Waals surface area contributed by atoms with Crippen LogP contribution in [0.3, 0.4) is 0 Å². The van der Waals surface area contributed by atoms with Gasteiger partial charge in [0.15, 0.2) is 0 Å². The second kappa shape index (κ2) is 12.0. The van der Waals surface area contributed by atoms with Gasteiger partial charge in [0.05, 0.1) is 35.0 Å². The summed E-state index contributed by atoms with van der Waals surface area (Å²) < 4.78 is 6.76. The van der Waals surface area contributed by atoms with E-state index in [1.807, 2.05) is 18.2 Å². The molecule has 0 radical (unpaired) electrons. The molecular weight excluding hydrogens is 523 g/mol. The van der Waals surface area contributed by atoms with E-state index in [0.717, 1.165) is 43.1 Å². The van der Waals surface area contributed by atoms with Crippen LogP contribution in [0.5, 0.6) is 0 Å². The molecule has 5 aliphatic rings. The third kappa shape index (κ3) is 6.28. The summed E-state index contributed by atoms with van der Waals surface area (Å²) in [4.78, 5) is 5.03. The normalized spacial score (nSPS) is 29.3. The van der Waals surface area contributed by atoms with E-state index in [9.17, 15) is 0 Å². The highest BCUT2D eigenvalue weighted by Crippen LogP contribution is 2.60. The molecule has 0 amide bonds. The standard InChI is InChI=1S/C31H40Cl2N2O.ClH/c32-28-9-6-10-29(33)30(28)35(19-23-7-2-1-3-8-23)27(20-34-11-4-5-12-34)21-36-22-31-16-24-13-25(17-31)15-26(14-24)18-31;/h1-3,6-10,24-27H,4-5,11-22H2;1H. The largest absolute Gasteiger partial charge is 0.379 e. The van der Waals surface area contributed by atoms with E-state index in [1.54, 1.807) is 0 Å². The van der Waals surface area contributed by atoms with Gasteiger partial charge in [0.2, 0.25) is 0 Å². The highest BCUT2D eigenvalue weighted by molar-refractivity contribution is 6.39. The highest BCUT2D eigenvalue weighted by Gasteiger charge is 2.51. The molecule has 0 spiro atoms. The lowest BCUT2D eigenvalue weighted by molar-refractivity contribution is -0.0981. The van der Waals surface area contributed by atoms with Crippen molar-refractivity contribution in [2.24, 2.45) is 23.2 Å². The number of anilines is 1. The summed E-state index contributed by atoms with van der Waals surface area (Å²) in [6, 6.07) is 16.7. The molecule has 7 rings (SSSR count). The van der Waals surface area contributed by atoms with E-state index in [0.29, 0.717) is 22.1 Å². The van der Waals surface area contributed by atoms with Gasteiger partial charge in [-0.15, -0.1) is 12.4 Å². The molecule has 2 aromatic carbocycles. The number of para-hydroxylation sites is 1. The van der Waals surface area contributed by atoms with Gasteiger partial charge in [0.1, 0.15) is 0 Å². The number of hydrogen-bond acceptors (Lipinski definition) is 3. The maximum atomic E-state index is 6.82. The molecule has 1 unspecified atom stereocenters. The van der Waals surface area contributed by atoms with Crippen LogP contribution in [-0.4, -0.2) is 43.8 Å². The summed E-state index contributed by atoms with van der Waals surface area (Å²) in [6.45, 7) is 5.72. The predicted octanol–water partition coefficient (Wildman–Crippen LogP) is 8.12. The van der Waals surface area contributed by atoms with Gasteiger partial charge in [-0.05, 0) is 105 Å². The summed E-state index contributed by atoms with van der Waals surface area (Å²) in [5.74, 6) is 2.87. The molecule has 6 heteroatoms. The molecule has 1 atom stereocenters. The van der Waals surface area contributed by atoms with Crippen molar-refractivity contribution in [3.8, 4) is 0 Å². The molecule has 1 aliphatic heterocycles. The number of likely N-dealkylation sites (tertiary alicyclic amines) is 1. The fourth-order valence-corrected chi connectivity index (χ4v) is 8.93. The molecule has 1 heterocycles. The van der Waals surface area contributed by atoms with Gasteiger partial charge in [-0.2, -0.15) is 0 Å². The van der Waals surface area contributed by atoms with Gasteiger partial charge in [-0.3, -0.25) is 0 Å². The first-order valence-corrected chi connectivity index (χ1v) is 14.9. The zero-order chi connectivity index (χ0) is 24.5. The molecule has 5 fully saturated rings. The Labute approximate surface area is 239 Å². The number of hydrogen-bond donors (Lipinski definition) is 0. The topological polar surface area (TPSA) is 15.7 Å². The van der Waals surface area contributed by atoms with Crippen LogP contribution in [-0.2, 0) is 11.3 Å². The first-order chi connectivity index (χ1) is 17.6. The first-order valence-electron chi connectivity index (χ1n) is 14.1. The Hall–Kier alpha value is -0.970. The van der Waals surface area contributed by atoms with Crippen LogP contribution in [0.4, 0.5) is 5.69 Å². The molecule has 0 N–H and O–H groups in total. The van der Waals surface area contributed by atoms with Crippen molar-refractivity contribution in [3.63, 3.8) is 0 Å². The molecule has 3 nitrogen and oxygen atoms in total. The monoisotopic (exact) mass is 562 g/mol. The number of benzene rings is 2. The van der Waals surface area contributed by atoms with Crippen LogP contribution in [0, 0.1) is 23.2 Å². The minimum absolute atomic E-state index is 0. The molecule has 4 aliphatic carbocycles. The maximum Gasteiger partial charge on any atom is 0.0751 e. The molecular formula is C31H41Cl3N2O. The minimum Gasteiger partial charge on any atom is -0.379 e. The van der Waals surface area contributed by atoms with Gasteiger partial charge in [0, 0.05) is 13.1 Å². The SMILES string of the molecule is Cl.Clc1cccc(Cl)c1N(Cc1ccccc1)C(COCC12CC3CC(CC(C3)C1)C2)CN1CCCC1. The van der Waals surface area contributed by atoms with Crippen molar-refractivity contribution >= 4 is 41.3 Å². The third-order valence-electron chi connectivity index (χ3n) is 9.41. The fraction of sp³-hybridized carbons (Fsp3) is 0.613. The summed E-state index contributed by atoms with van der Waals surface area (Å²) in [6.07, 6.45) is 11.2. The Morgan fingerprint density at radius 2 is 1.46 bits per heavy atom. The van der Waals surface area contributed by atoms with Crippen LogP contribution in [0.25, 0.3) is 0 Å². The van der Waals surface area contributed by atoms with Crippen molar-refractivity contribution in [2.45, 2.75) is 64.0 Å². The van der Waals surface area contributed by atoms with Crippen molar-refractivity contribution in [3.05, 3.63) is 64.1 Å². The average molecular weight is 564 g/mol. The van der Waals surface area contributed by atoms with E-state index >= 15 is 0 Å². The van der Waals surface area contributed by atoms with Crippen LogP contribution >= 0.6 is 35.6 Å². The second-order valence-electron chi connectivity index (χ2n) is 12.3. The van der Waals surface area contributed by atoms with E-state index in [4.69, 9.17) is 27.9 Å². The molecule has 4 bridgehead atoms. The van der Waals surface area contributed by atoms with Gasteiger partial charge < -0.3 is 14.5 Å². The third-order valence-corrected chi connectivity index (χ3v) is 10.0. The Bertz CT molecular complexity index is 971. The van der Waals surface area contributed by atoms with E-state index in [2.05, 4.69) is 40.1 Å². The molecule has 4 saturated carbocycles. The van der Waals surface area contributed by atoms with Crippen LogP contribution in [0.2, 0.25) is 10.0 Å². The smallest absolute Gasteiger partial charge is 0.0751 e. The number of halogens is 3. The average Bonchev–Trinajstić information content (AvgIpc) is 3.36. The molecule has 0 aromatic heterocycles. The van der Waals surface area contributed by atoms with Crippen molar-refractivity contribution in [2.75, 3.05) is 37.7 Å². The second-order valence-corrected chi connectivity index (χ2v) is 13.1. The zero-order valence-corrected chi connectivity index (χ0v) is 24.1. The number of nitrogens with zero attached hydrogens (tertiary/aromatic N) is 2. The maximum absolute atomic E-state index is 6.82. The Balaban J connectivity index is 0.00000280. The summed E-state index contributed by atoms with van der Waals surface area (Å²) >= 11 is 13.6. The molecule has 37 heavy (non-hydrogen) atoms. The molecule has 202 valence electrons. The van der Waals surface area contributed by atoms with Crippen LogP contribution in [0.1, 0.15) is 56.9 Å². The highest BCUT2D eigenvalue weighted by atomic mass is 35.5. The van der Waals surface area contributed by atoms with Gasteiger partial charge >= 0.3 is 0 Å². The van der Waals surface area contributed by atoms with Crippen molar-refractivity contribution < 1.29 is 4.74 Å². The fourth-order valence-electron chi connectivity index (χ4n) is 8.32. The van der Waals surface area contributed by atoms with Crippen LogP contribution < -0.4 is 4.90 Å². The lowest BCUT2D eigenvalue weighted by atomic mass is 9.50. The lowest BCUT2D eigenvalue weighted by Crippen LogP contribution is -2.50. The van der Waals surface area contributed by atoms with Crippen molar-refractivity contribution in [1.82, 2.24) is 4.90 Å². The first kappa shape index (κ1) is 27.6. The van der Waals surface area contributed by atoms with Gasteiger partial charge in [-0.1, -0.05) is 59.6 Å². The summed E-state index contributed by atoms with van der Waals surface area (Å²) in [5.41, 5.74) is 2.63. The minimum atomic E-state index is 0. The van der Waals surface area contributed by atoms with Crippen LogP contribution in [0.15, 0.2) is 48.5 Å². The number of ether oxygens (including phenoxy) is 1. The Morgan fingerprint density at radius 3 is 2.05 bits per heavy atom. The van der Waals surface area contributed by atoms with E-state index in [-0.39, 0.29) is 18.4 Å². The lowest BCUT2D eigenvalue weighted by Gasteiger charge is -2.56. The summed E-state index contributed by atoms with van der Waals surface area (Å²) in [5, 5.41) is 1.43. The Kier molecular flexibility index (Phi) is 8.98. The van der Waals surface area contributed by atoms with E-state index in [1.165, 1.54) is 70.0 Å². The molecule has 2 aromatic rings. The zero-order valence-electron chi connectivity index (χ0n) is 21.8.